The molecule has 0 aliphatic carbocycles. The lowest BCUT2D eigenvalue weighted by Gasteiger charge is -2.30. The molecule has 10 heteroatoms. The highest BCUT2D eigenvalue weighted by atomic mass is 16.4. The molecule has 1 saturated heterocycles. The smallest absolute Gasteiger partial charge is 0.426 e. The summed E-state index contributed by atoms with van der Waals surface area (Å²) >= 11 is 0. The van der Waals surface area contributed by atoms with Crippen LogP contribution in [-0.4, -0.2) is 70.9 Å². The second-order valence-electron chi connectivity index (χ2n) is 8.30. The molecule has 1 aromatic carbocycles. The number of hydrogen-bond acceptors (Lipinski definition) is 6. The van der Waals surface area contributed by atoms with E-state index in [1.807, 2.05) is 30.3 Å². The van der Waals surface area contributed by atoms with Crippen LogP contribution >= 0.6 is 0 Å². The fraction of sp³-hybridized carbons (Fsp3) is 0.591. The number of unbranched alkanes of at least 4 members (excludes halogenated alkanes) is 2. The summed E-state index contributed by atoms with van der Waals surface area (Å²) in [5, 5.41) is 24.8. The van der Waals surface area contributed by atoms with Gasteiger partial charge < -0.3 is 31.3 Å². The first kappa shape index (κ1) is 25.8. The number of hydrogen-bond donors (Lipinski definition) is 5. The zero-order chi connectivity index (χ0) is 23.5. The Morgan fingerprint density at radius 2 is 1.88 bits per heavy atom. The summed E-state index contributed by atoms with van der Waals surface area (Å²) < 4.78 is 0. The minimum atomic E-state index is -1.69. The van der Waals surface area contributed by atoms with Crippen molar-refractivity contribution < 1.29 is 24.4 Å². The maximum Gasteiger partial charge on any atom is 0.475 e. The van der Waals surface area contributed by atoms with E-state index in [0.717, 1.165) is 18.4 Å². The topological polar surface area (TPSA) is 145 Å². The summed E-state index contributed by atoms with van der Waals surface area (Å²) in [4.78, 5) is 39.4. The van der Waals surface area contributed by atoms with Gasteiger partial charge in [0.15, 0.2) is 0 Å². The molecular weight excluding hydrogens is 411 g/mol. The van der Waals surface area contributed by atoms with Crippen LogP contribution in [0.4, 0.5) is 0 Å². The lowest BCUT2D eigenvalue weighted by molar-refractivity contribution is -0.141. The van der Waals surface area contributed by atoms with Crippen molar-refractivity contribution in [3.8, 4) is 0 Å². The summed E-state index contributed by atoms with van der Waals surface area (Å²) in [6, 6.07) is 7.89. The lowest BCUT2D eigenvalue weighted by atomic mass is 9.76. The first-order chi connectivity index (χ1) is 15.3. The molecule has 3 amide bonds. The van der Waals surface area contributed by atoms with Crippen molar-refractivity contribution in [1.82, 2.24) is 15.5 Å². The second-order valence-corrected chi connectivity index (χ2v) is 8.30. The molecule has 32 heavy (non-hydrogen) atoms. The Balaban J connectivity index is 2.05. The molecule has 176 valence electrons. The third-order valence-electron chi connectivity index (χ3n) is 5.70. The Hall–Kier alpha value is -2.43. The van der Waals surface area contributed by atoms with E-state index in [0.29, 0.717) is 45.2 Å². The molecule has 0 saturated carbocycles. The number of nitrogens with one attached hydrogen (secondary N) is 2. The molecule has 3 atom stereocenters. The number of nitrogens with zero attached hydrogens (tertiary/aromatic N) is 1. The van der Waals surface area contributed by atoms with E-state index >= 15 is 0 Å². The number of rotatable bonds is 12. The Kier molecular flexibility index (Phi) is 10.7. The van der Waals surface area contributed by atoms with Gasteiger partial charge in [0, 0.05) is 19.9 Å². The molecule has 6 N–H and O–H groups in total. The zero-order valence-electron chi connectivity index (χ0n) is 18.7. The van der Waals surface area contributed by atoms with Crippen molar-refractivity contribution in [3.05, 3.63) is 35.9 Å². The van der Waals surface area contributed by atoms with Gasteiger partial charge in [-0.3, -0.25) is 14.4 Å². The summed E-state index contributed by atoms with van der Waals surface area (Å²) in [6.45, 7) is 2.33. The first-order valence-corrected chi connectivity index (χ1v) is 11.3. The van der Waals surface area contributed by atoms with Crippen molar-refractivity contribution in [2.24, 2.45) is 5.73 Å². The summed E-state index contributed by atoms with van der Waals surface area (Å²) in [5.74, 6) is -1.85. The predicted molar refractivity (Wildman–Crippen MR) is 122 cm³/mol. The molecule has 9 nitrogen and oxygen atoms in total. The third kappa shape index (κ3) is 7.92. The van der Waals surface area contributed by atoms with E-state index in [4.69, 9.17) is 5.73 Å². The number of carbonyl (C=O) groups is 3. The molecule has 1 fully saturated rings. The van der Waals surface area contributed by atoms with Crippen molar-refractivity contribution in [3.63, 3.8) is 0 Å². The van der Waals surface area contributed by atoms with Gasteiger partial charge in [-0.25, -0.2) is 0 Å². The average molecular weight is 446 g/mol. The van der Waals surface area contributed by atoms with Gasteiger partial charge in [-0.05, 0) is 37.8 Å². The van der Waals surface area contributed by atoms with Gasteiger partial charge in [0.2, 0.25) is 17.7 Å². The van der Waals surface area contributed by atoms with E-state index in [1.54, 1.807) is 0 Å². The molecule has 0 radical (unpaired) electrons. The maximum absolute atomic E-state index is 13.3. The van der Waals surface area contributed by atoms with Crippen molar-refractivity contribution in [2.75, 3.05) is 13.1 Å². The Bertz CT molecular complexity index is 749. The third-order valence-corrected chi connectivity index (χ3v) is 5.70. The lowest BCUT2D eigenvalue weighted by Crippen LogP contribution is -2.56. The molecule has 1 aromatic rings. The summed E-state index contributed by atoms with van der Waals surface area (Å²) in [6.07, 6.45) is 4.24. The molecule has 1 aliphatic heterocycles. The maximum atomic E-state index is 13.3. The van der Waals surface area contributed by atoms with Gasteiger partial charge in [-0.2, -0.15) is 0 Å². The van der Waals surface area contributed by atoms with E-state index in [9.17, 15) is 24.4 Å². The van der Waals surface area contributed by atoms with Gasteiger partial charge in [-0.1, -0.05) is 43.2 Å². The van der Waals surface area contributed by atoms with Gasteiger partial charge in [0.25, 0.3) is 0 Å². The van der Waals surface area contributed by atoms with Gasteiger partial charge in [-0.15, -0.1) is 0 Å². The number of amides is 3. The number of nitrogens with two attached hydrogens (primary N) is 1. The minimum Gasteiger partial charge on any atom is -0.426 e. The molecular formula is C22H35BN4O5. The van der Waals surface area contributed by atoms with Crippen LogP contribution in [0.2, 0.25) is 0 Å². The second kappa shape index (κ2) is 13.2. The van der Waals surface area contributed by atoms with Crippen LogP contribution in [-0.2, 0) is 20.8 Å². The molecule has 0 aromatic heterocycles. The van der Waals surface area contributed by atoms with Crippen LogP contribution in [0.3, 0.4) is 0 Å². The molecule has 2 rings (SSSR count). The first-order valence-electron chi connectivity index (χ1n) is 11.3. The predicted octanol–water partition coefficient (Wildman–Crippen LogP) is -0.259. The van der Waals surface area contributed by atoms with Gasteiger partial charge in [0.1, 0.15) is 12.1 Å². The molecule has 1 heterocycles. The van der Waals surface area contributed by atoms with Crippen molar-refractivity contribution in [2.45, 2.75) is 69.9 Å². The molecule has 1 aliphatic rings. The fourth-order valence-corrected chi connectivity index (χ4v) is 4.06. The van der Waals surface area contributed by atoms with Crippen molar-refractivity contribution >= 4 is 24.8 Å². The summed E-state index contributed by atoms with van der Waals surface area (Å²) in [7, 11) is -1.69. The largest absolute Gasteiger partial charge is 0.475 e. The van der Waals surface area contributed by atoms with Gasteiger partial charge in [0.05, 0.1) is 5.94 Å². The Labute approximate surface area is 189 Å². The highest BCUT2D eigenvalue weighted by molar-refractivity contribution is 6.43. The number of likely N-dealkylation sites (tertiary alicyclic amines) is 1. The molecule has 0 bridgehead atoms. The highest BCUT2D eigenvalue weighted by Crippen LogP contribution is 2.20. The Morgan fingerprint density at radius 1 is 1.16 bits per heavy atom. The number of carbonyl (C=O) groups excluding carboxylic acids is 3. The standard InChI is InChI=1S/C22H35BN4O5/c1-16(28)25-18(15-17-9-4-2-5-10-17)22(30)27-14-8-11-19(27)21(29)26-20(23(31)32)12-6-3-7-13-24/h2,4-5,9-10,18-20,31-32H,3,6-8,11-15,24H2,1H3,(H,25,28)(H,26,29). The Morgan fingerprint density at radius 3 is 2.50 bits per heavy atom. The normalized spacial score (nSPS) is 17.5. The van der Waals surface area contributed by atoms with Gasteiger partial charge >= 0.3 is 7.12 Å². The quantitative estimate of drug-likeness (QED) is 0.221. The average Bonchev–Trinajstić information content (AvgIpc) is 3.25. The van der Waals surface area contributed by atoms with E-state index in [2.05, 4.69) is 10.6 Å². The van der Waals surface area contributed by atoms with E-state index in [-0.39, 0.29) is 11.8 Å². The fourth-order valence-electron chi connectivity index (χ4n) is 4.06. The molecule has 3 unspecified atom stereocenters. The van der Waals surface area contributed by atoms with E-state index in [1.165, 1.54) is 11.8 Å². The SMILES string of the molecule is CC(=O)NC(Cc1ccccc1)C(=O)N1CCCC1C(=O)NC(CCCCCN)B(O)O. The van der Waals surface area contributed by atoms with Crippen LogP contribution < -0.4 is 16.4 Å². The monoisotopic (exact) mass is 446 g/mol. The summed E-state index contributed by atoms with van der Waals surface area (Å²) in [5.41, 5.74) is 6.39. The number of benzene rings is 1. The van der Waals surface area contributed by atoms with Crippen LogP contribution in [0.15, 0.2) is 30.3 Å². The van der Waals surface area contributed by atoms with Crippen LogP contribution in [0.5, 0.6) is 0 Å². The minimum absolute atomic E-state index is 0.314. The van der Waals surface area contributed by atoms with Crippen LogP contribution in [0.1, 0.15) is 51.0 Å². The zero-order valence-corrected chi connectivity index (χ0v) is 18.7. The van der Waals surface area contributed by atoms with Crippen LogP contribution in [0.25, 0.3) is 0 Å². The van der Waals surface area contributed by atoms with Crippen LogP contribution in [0, 0.1) is 0 Å². The molecule has 0 spiro atoms. The van der Waals surface area contributed by atoms with Crippen molar-refractivity contribution in [1.29, 1.82) is 0 Å². The highest BCUT2D eigenvalue weighted by Gasteiger charge is 2.39. The van der Waals surface area contributed by atoms with E-state index < -0.39 is 31.1 Å².